The van der Waals surface area contributed by atoms with Crippen LogP contribution < -0.4 is 5.32 Å². The van der Waals surface area contributed by atoms with Crippen LogP contribution in [-0.4, -0.2) is 26.1 Å². The fourth-order valence-electron chi connectivity index (χ4n) is 1.55. The summed E-state index contributed by atoms with van der Waals surface area (Å²) >= 11 is 2.85. The second-order valence-corrected chi connectivity index (χ2v) is 6.68. The fraction of sp³-hybridized carbons (Fsp3) is 0.364. The number of hydrogen-bond donors (Lipinski definition) is 1. The van der Waals surface area contributed by atoms with E-state index in [-0.39, 0.29) is 5.69 Å². The average molecular weight is 309 g/mol. The Bertz CT molecular complexity index is 656. The van der Waals surface area contributed by atoms with Gasteiger partial charge in [0, 0.05) is 12.1 Å². The van der Waals surface area contributed by atoms with Gasteiger partial charge in [-0.1, -0.05) is 11.3 Å². The zero-order chi connectivity index (χ0) is 14.1. The molecule has 0 amide bonds. The summed E-state index contributed by atoms with van der Waals surface area (Å²) in [7, 11) is 0. The SMILES string of the molecule is Cc1cc([N+](=O)[O-])cnc1Sc1nnc(NC2CC2)s1. The van der Waals surface area contributed by atoms with Gasteiger partial charge in [-0.2, -0.15) is 0 Å². The number of rotatable bonds is 5. The van der Waals surface area contributed by atoms with Crippen molar-refractivity contribution >= 4 is 33.9 Å². The van der Waals surface area contributed by atoms with Gasteiger partial charge in [0.25, 0.3) is 5.69 Å². The van der Waals surface area contributed by atoms with Crippen LogP contribution in [0.15, 0.2) is 21.6 Å². The molecule has 7 nitrogen and oxygen atoms in total. The van der Waals surface area contributed by atoms with Gasteiger partial charge in [0.2, 0.25) is 5.13 Å². The van der Waals surface area contributed by atoms with Gasteiger partial charge in [-0.15, -0.1) is 10.2 Å². The minimum atomic E-state index is -0.447. The summed E-state index contributed by atoms with van der Waals surface area (Å²) in [5.41, 5.74) is 0.760. The maximum Gasteiger partial charge on any atom is 0.287 e. The Morgan fingerprint density at radius 2 is 2.30 bits per heavy atom. The van der Waals surface area contributed by atoms with E-state index in [1.807, 2.05) is 0 Å². The lowest BCUT2D eigenvalue weighted by Crippen LogP contribution is -1.99. The molecule has 2 heterocycles. The standard InChI is InChI=1S/C11H11N5O2S2/c1-6-4-8(16(17)18)5-12-9(6)19-11-15-14-10(20-11)13-7-2-3-7/h4-5,7H,2-3H2,1H3,(H,13,14). The molecule has 0 unspecified atom stereocenters. The highest BCUT2D eigenvalue weighted by molar-refractivity contribution is 8.01. The summed E-state index contributed by atoms with van der Waals surface area (Å²) in [6, 6.07) is 2.06. The highest BCUT2D eigenvalue weighted by Crippen LogP contribution is 2.34. The van der Waals surface area contributed by atoms with Gasteiger partial charge in [0.15, 0.2) is 4.34 Å². The van der Waals surface area contributed by atoms with Gasteiger partial charge in [0.1, 0.15) is 11.2 Å². The van der Waals surface area contributed by atoms with E-state index in [9.17, 15) is 10.1 Å². The first-order valence-corrected chi connectivity index (χ1v) is 7.64. The van der Waals surface area contributed by atoms with Crippen molar-refractivity contribution in [1.82, 2.24) is 15.2 Å². The van der Waals surface area contributed by atoms with Crippen molar-refractivity contribution in [2.75, 3.05) is 5.32 Å². The first-order chi connectivity index (χ1) is 9.61. The quantitative estimate of drug-likeness (QED) is 0.670. The van der Waals surface area contributed by atoms with Crippen molar-refractivity contribution in [2.45, 2.75) is 35.2 Å². The van der Waals surface area contributed by atoms with E-state index in [0.717, 1.165) is 15.0 Å². The molecule has 1 N–H and O–H groups in total. The third kappa shape index (κ3) is 3.05. The molecule has 0 bridgehead atoms. The maximum absolute atomic E-state index is 10.7. The number of nitro groups is 1. The third-order valence-electron chi connectivity index (χ3n) is 2.72. The molecule has 0 atom stereocenters. The van der Waals surface area contributed by atoms with E-state index in [4.69, 9.17) is 0 Å². The Labute approximate surface area is 123 Å². The van der Waals surface area contributed by atoms with Gasteiger partial charge in [-0.25, -0.2) is 4.98 Å². The molecule has 9 heteroatoms. The summed E-state index contributed by atoms with van der Waals surface area (Å²) < 4.78 is 0.776. The van der Waals surface area contributed by atoms with Crippen LogP contribution in [0, 0.1) is 17.0 Å². The summed E-state index contributed by atoms with van der Waals surface area (Å²) in [6.07, 6.45) is 3.63. The molecule has 2 aromatic rings. The van der Waals surface area contributed by atoms with Crippen LogP contribution >= 0.6 is 23.1 Å². The molecule has 3 rings (SSSR count). The molecule has 104 valence electrons. The Kier molecular flexibility index (Phi) is 3.53. The lowest BCUT2D eigenvalue weighted by atomic mass is 10.3. The highest BCUT2D eigenvalue weighted by atomic mass is 32.2. The average Bonchev–Trinajstić information content (AvgIpc) is 3.11. The summed E-state index contributed by atoms with van der Waals surface area (Å²) in [5.74, 6) is 0. The van der Waals surface area contributed by atoms with Gasteiger partial charge in [-0.05, 0) is 37.1 Å². The largest absolute Gasteiger partial charge is 0.357 e. The van der Waals surface area contributed by atoms with E-state index >= 15 is 0 Å². The maximum atomic E-state index is 10.7. The van der Waals surface area contributed by atoms with Crippen molar-refractivity contribution < 1.29 is 4.92 Å². The van der Waals surface area contributed by atoms with E-state index in [2.05, 4.69) is 20.5 Å². The number of anilines is 1. The smallest absolute Gasteiger partial charge is 0.287 e. The lowest BCUT2D eigenvalue weighted by molar-refractivity contribution is -0.385. The first kappa shape index (κ1) is 13.3. The molecule has 0 aromatic carbocycles. The first-order valence-electron chi connectivity index (χ1n) is 6.01. The number of pyridine rings is 1. The zero-order valence-corrected chi connectivity index (χ0v) is 12.2. The Morgan fingerprint density at radius 1 is 1.50 bits per heavy atom. The van der Waals surface area contributed by atoms with E-state index in [0.29, 0.717) is 11.1 Å². The normalized spacial score (nSPS) is 14.2. The summed E-state index contributed by atoms with van der Waals surface area (Å²) in [4.78, 5) is 14.3. The Hall–Kier alpha value is -1.74. The van der Waals surface area contributed by atoms with Crippen molar-refractivity contribution in [3.05, 3.63) is 27.9 Å². The molecule has 0 aliphatic heterocycles. The van der Waals surface area contributed by atoms with E-state index < -0.39 is 4.92 Å². The van der Waals surface area contributed by atoms with Crippen LogP contribution in [0.5, 0.6) is 0 Å². The minimum Gasteiger partial charge on any atom is -0.357 e. The van der Waals surface area contributed by atoms with Gasteiger partial charge in [-0.3, -0.25) is 10.1 Å². The van der Waals surface area contributed by atoms with Crippen molar-refractivity contribution in [1.29, 1.82) is 0 Å². The van der Waals surface area contributed by atoms with Crippen molar-refractivity contribution in [2.24, 2.45) is 0 Å². The molecule has 1 aliphatic rings. The van der Waals surface area contributed by atoms with Crippen molar-refractivity contribution in [3.8, 4) is 0 Å². The second kappa shape index (κ2) is 5.33. The van der Waals surface area contributed by atoms with Gasteiger partial charge in [0.05, 0.1) is 4.92 Å². The molecule has 1 aliphatic carbocycles. The topological polar surface area (TPSA) is 93.8 Å². The van der Waals surface area contributed by atoms with Crippen LogP contribution in [0.1, 0.15) is 18.4 Å². The summed E-state index contributed by atoms with van der Waals surface area (Å²) in [5, 5.41) is 23.6. The van der Waals surface area contributed by atoms with Gasteiger partial charge >= 0.3 is 0 Å². The summed E-state index contributed by atoms with van der Waals surface area (Å²) in [6.45, 7) is 1.80. The Balaban J connectivity index is 1.73. The van der Waals surface area contributed by atoms with Crippen LogP contribution in [0.3, 0.4) is 0 Å². The van der Waals surface area contributed by atoms with E-state index in [1.165, 1.54) is 48.2 Å². The lowest BCUT2D eigenvalue weighted by Gasteiger charge is -2.00. The third-order valence-corrected chi connectivity index (χ3v) is 4.75. The molecule has 2 aromatic heterocycles. The molecule has 1 saturated carbocycles. The van der Waals surface area contributed by atoms with Crippen LogP contribution in [0.25, 0.3) is 0 Å². The number of aromatic nitrogens is 3. The Morgan fingerprint density at radius 3 is 2.95 bits per heavy atom. The molecule has 1 fully saturated rings. The molecular formula is C11H11N5O2S2. The number of nitrogens with one attached hydrogen (secondary N) is 1. The van der Waals surface area contributed by atoms with Crippen LogP contribution in [-0.2, 0) is 0 Å². The fourth-order valence-corrected chi connectivity index (χ4v) is 3.32. The van der Waals surface area contributed by atoms with Gasteiger partial charge < -0.3 is 5.32 Å². The minimum absolute atomic E-state index is 0.000188. The monoisotopic (exact) mass is 309 g/mol. The number of hydrogen-bond acceptors (Lipinski definition) is 8. The van der Waals surface area contributed by atoms with Crippen LogP contribution in [0.4, 0.5) is 10.8 Å². The molecule has 20 heavy (non-hydrogen) atoms. The molecular weight excluding hydrogens is 298 g/mol. The zero-order valence-electron chi connectivity index (χ0n) is 10.6. The predicted molar refractivity (Wildman–Crippen MR) is 76.3 cm³/mol. The molecule has 0 spiro atoms. The van der Waals surface area contributed by atoms with Crippen LogP contribution in [0.2, 0.25) is 0 Å². The molecule has 0 saturated heterocycles. The predicted octanol–water partition coefficient (Wildman–Crippen LogP) is 2.88. The highest BCUT2D eigenvalue weighted by Gasteiger charge is 2.22. The second-order valence-electron chi connectivity index (χ2n) is 4.47. The van der Waals surface area contributed by atoms with Crippen molar-refractivity contribution in [3.63, 3.8) is 0 Å². The van der Waals surface area contributed by atoms with E-state index in [1.54, 1.807) is 6.92 Å². The molecule has 0 radical (unpaired) electrons. The number of nitrogens with zero attached hydrogens (tertiary/aromatic N) is 4. The number of aryl methyl sites for hydroxylation is 1.